The maximum absolute atomic E-state index is 13.4. The lowest BCUT2D eigenvalue weighted by Crippen LogP contribution is -2.18. The van der Waals surface area contributed by atoms with Crippen LogP contribution in [0.15, 0.2) is 52.1 Å². The molecule has 3 rings (SSSR count). The molecule has 0 amide bonds. The number of benzene rings is 2. The summed E-state index contributed by atoms with van der Waals surface area (Å²) >= 11 is 5.79. The molecule has 0 radical (unpaired) electrons. The third kappa shape index (κ3) is 5.52. The summed E-state index contributed by atoms with van der Waals surface area (Å²) < 4.78 is 18.2. The number of aliphatic hydroxyl groups is 1. The monoisotopic (exact) mass is 433 g/mol. The second-order valence-corrected chi connectivity index (χ2v) is 6.49. The fourth-order valence-corrected chi connectivity index (χ4v) is 2.74. The smallest absolute Gasteiger partial charge is 0.307 e. The van der Waals surface area contributed by atoms with E-state index in [1.807, 2.05) is 0 Å². The Bertz CT molecular complexity index is 1060. The minimum Gasteiger partial charge on any atom is -0.481 e. The van der Waals surface area contributed by atoms with Crippen molar-refractivity contribution in [2.45, 2.75) is 13.0 Å². The number of hydrogen-bond donors (Lipinski definition) is 4. The average Bonchev–Trinajstić information content (AvgIpc) is 3.18. The van der Waals surface area contributed by atoms with Crippen molar-refractivity contribution in [2.75, 3.05) is 17.4 Å². The summed E-state index contributed by atoms with van der Waals surface area (Å²) in [5.74, 6) is -1.31. The summed E-state index contributed by atoms with van der Waals surface area (Å²) in [7, 11) is 0. The maximum atomic E-state index is 13.4. The molecule has 0 fully saturated rings. The van der Waals surface area contributed by atoms with Crippen molar-refractivity contribution >= 4 is 34.8 Å². The van der Waals surface area contributed by atoms with Gasteiger partial charge in [-0.05, 0) is 41.1 Å². The van der Waals surface area contributed by atoms with Gasteiger partial charge in [-0.1, -0.05) is 28.9 Å². The fourth-order valence-electron chi connectivity index (χ4n) is 2.56. The van der Waals surface area contributed by atoms with Gasteiger partial charge in [0.1, 0.15) is 18.2 Å². The number of aromatic nitrogens is 2. The van der Waals surface area contributed by atoms with Crippen LogP contribution in [-0.2, 0) is 17.8 Å². The summed E-state index contributed by atoms with van der Waals surface area (Å²) in [6.45, 7) is -0.310. The molecule has 4 N–H and O–H groups in total. The molecule has 0 bridgehead atoms. The summed E-state index contributed by atoms with van der Waals surface area (Å²) in [6, 6.07) is 10.9. The van der Waals surface area contributed by atoms with Gasteiger partial charge < -0.3 is 20.8 Å². The van der Waals surface area contributed by atoms with Crippen LogP contribution < -0.4 is 10.6 Å². The molecule has 1 heterocycles. The highest BCUT2D eigenvalue weighted by Gasteiger charge is 2.17. The number of anilines is 2. The van der Waals surface area contributed by atoms with E-state index < -0.39 is 18.5 Å². The molecule has 1 aromatic heterocycles. The van der Waals surface area contributed by atoms with Gasteiger partial charge in [-0.2, -0.15) is 0 Å². The number of carboxylic acid groups (broad SMARTS) is 1. The number of hydrogen-bond acceptors (Lipinski definition) is 7. The lowest BCUT2D eigenvalue weighted by molar-refractivity contribution is -0.136. The number of aliphatic carboxylic acids is 1. The zero-order chi connectivity index (χ0) is 21.5. The third-order valence-corrected chi connectivity index (χ3v) is 4.25. The van der Waals surface area contributed by atoms with Crippen LogP contribution in [0.1, 0.15) is 17.0 Å². The number of carboxylic acids is 1. The minimum absolute atomic E-state index is 0.0578. The first-order valence-corrected chi connectivity index (χ1v) is 9.08. The molecule has 2 aromatic carbocycles. The summed E-state index contributed by atoms with van der Waals surface area (Å²) in [6.07, 6.45) is -0.0578. The van der Waals surface area contributed by atoms with Crippen molar-refractivity contribution in [3.8, 4) is 0 Å². The van der Waals surface area contributed by atoms with Gasteiger partial charge in [0.2, 0.25) is 0 Å². The van der Waals surface area contributed by atoms with Crippen LogP contribution in [0.4, 0.5) is 15.8 Å². The third-order valence-electron chi connectivity index (χ3n) is 3.96. The van der Waals surface area contributed by atoms with Crippen LogP contribution in [0.3, 0.4) is 0 Å². The topological polar surface area (TPSA) is 133 Å². The Morgan fingerprint density at radius 2 is 1.90 bits per heavy atom. The number of rotatable bonds is 8. The van der Waals surface area contributed by atoms with E-state index in [1.54, 1.807) is 24.3 Å². The Morgan fingerprint density at radius 1 is 1.17 bits per heavy atom. The van der Waals surface area contributed by atoms with E-state index >= 15 is 0 Å². The highest BCUT2D eigenvalue weighted by molar-refractivity contribution is 6.31. The Hall–Kier alpha value is -3.50. The normalized spacial score (nSPS) is 11.4. The van der Waals surface area contributed by atoms with Crippen molar-refractivity contribution in [3.63, 3.8) is 0 Å². The van der Waals surface area contributed by atoms with E-state index in [2.05, 4.69) is 25.9 Å². The Balaban J connectivity index is 1.72. The number of carbonyl (C=O) groups is 1. The van der Waals surface area contributed by atoms with Crippen molar-refractivity contribution < 1.29 is 24.0 Å². The molecule has 0 unspecified atom stereocenters. The predicted octanol–water partition coefficient (Wildman–Crippen LogP) is 2.91. The standard InChI is InChI=1S/C19H17ClFN5O4/c20-14-8-13(5-6-15(14)21)24-19(23-10-27)18-16(25-30-26-18)9-22-12-3-1-11(2-4-12)7-17(28)29/h1-6,8,22,27H,7,9-10H2,(H,23,24)(H,28,29). The van der Waals surface area contributed by atoms with Crippen LogP contribution in [0.2, 0.25) is 5.02 Å². The Kier molecular flexibility index (Phi) is 6.94. The van der Waals surface area contributed by atoms with Gasteiger partial charge in [0, 0.05) is 11.4 Å². The fraction of sp³-hybridized carbons (Fsp3) is 0.158. The maximum Gasteiger partial charge on any atom is 0.307 e. The first-order chi connectivity index (χ1) is 14.5. The second kappa shape index (κ2) is 9.81. The summed E-state index contributed by atoms with van der Waals surface area (Å²) in [5.41, 5.74) is 2.50. The molecule has 0 spiro atoms. The van der Waals surface area contributed by atoms with Gasteiger partial charge >= 0.3 is 5.97 Å². The lowest BCUT2D eigenvalue weighted by atomic mass is 10.1. The molecule has 0 aliphatic carbocycles. The minimum atomic E-state index is -0.903. The van der Waals surface area contributed by atoms with E-state index in [0.29, 0.717) is 16.9 Å². The number of amidine groups is 1. The quantitative estimate of drug-likeness (QED) is 0.315. The van der Waals surface area contributed by atoms with Crippen LogP contribution in [0, 0.1) is 5.82 Å². The van der Waals surface area contributed by atoms with Crippen molar-refractivity contribution in [2.24, 2.45) is 4.99 Å². The van der Waals surface area contributed by atoms with E-state index in [0.717, 1.165) is 5.69 Å². The summed E-state index contributed by atoms with van der Waals surface area (Å²) in [5, 5.41) is 31.7. The second-order valence-electron chi connectivity index (χ2n) is 6.08. The predicted molar refractivity (Wildman–Crippen MR) is 108 cm³/mol. The van der Waals surface area contributed by atoms with E-state index in [9.17, 15) is 14.3 Å². The molecular formula is C19H17ClFN5O4. The average molecular weight is 434 g/mol. The molecule has 0 saturated heterocycles. The van der Waals surface area contributed by atoms with Crippen molar-refractivity contribution in [1.29, 1.82) is 0 Å². The summed E-state index contributed by atoms with van der Waals surface area (Å²) in [4.78, 5) is 14.7. The molecule has 30 heavy (non-hydrogen) atoms. The lowest BCUT2D eigenvalue weighted by Gasteiger charge is -2.10. The van der Waals surface area contributed by atoms with Gasteiger partial charge in [-0.3, -0.25) is 4.79 Å². The molecule has 0 aliphatic rings. The van der Waals surface area contributed by atoms with Crippen LogP contribution in [-0.4, -0.2) is 39.1 Å². The first-order valence-electron chi connectivity index (χ1n) is 8.70. The molecule has 11 heteroatoms. The molecule has 0 aliphatic heterocycles. The zero-order valence-corrected chi connectivity index (χ0v) is 16.2. The number of halogens is 2. The number of nitrogens with one attached hydrogen (secondary N) is 2. The van der Waals surface area contributed by atoms with Crippen LogP contribution >= 0.6 is 11.6 Å². The van der Waals surface area contributed by atoms with Gasteiger partial charge in [0.15, 0.2) is 11.5 Å². The molecule has 0 saturated carbocycles. The highest BCUT2D eigenvalue weighted by atomic mass is 35.5. The van der Waals surface area contributed by atoms with E-state index in [-0.39, 0.29) is 29.5 Å². The number of aliphatic hydroxyl groups excluding tert-OH is 1. The number of aliphatic imine (C=N–C) groups is 1. The largest absolute Gasteiger partial charge is 0.481 e. The van der Waals surface area contributed by atoms with Crippen LogP contribution in [0.5, 0.6) is 0 Å². The molecule has 0 atom stereocenters. The number of nitrogens with zero attached hydrogens (tertiary/aromatic N) is 3. The molecule has 9 nitrogen and oxygen atoms in total. The van der Waals surface area contributed by atoms with Gasteiger partial charge in [-0.15, -0.1) is 0 Å². The van der Waals surface area contributed by atoms with E-state index in [1.165, 1.54) is 18.2 Å². The highest BCUT2D eigenvalue weighted by Crippen LogP contribution is 2.20. The Labute approximate surface area is 175 Å². The van der Waals surface area contributed by atoms with Crippen molar-refractivity contribution in [3.05, 3.63) is 70.3 Å². The Morgan fingerprint density at radius 3 is 2.57 bits per heavy atom. The zero-order valence-electron chi connectivity index (χ0n) is 15.5. The molecule has 156 valence electrons. The van der Waals surface area contributed by atoms with Gasteiger partial charge in [-0.25, -0.2) is 14.0 Å². The van der Waals surface area contributed by atoms with Gasteiger partial charge in [0.25, 0.3) is 0 Å². The SMILES string of the molecule is O=C(O)Cc1ccc(NCc2nonc2/C(=N/CO)Nc2ccc(F)c(Cl)c2)cc1. The molecular weight excluding hydrogens is 417 g/mol. The molecule has 3 aromatic rings. The van der Waals surface area contributed by atoms with E-state index in [4.69, 9.17) is 21.3 Å². The van der Waals surface area contributed by atoms with Gasteiger partial charge in [0.05, 0.1) is 18.0 Å². The van der Waals surface area contributed by atoms with Crippen molar-refractivity contribution in [1.82, 2.24) is 10.3 Å². The van der Waals surface area contributed by atoms with Crippen LogP contribution in [0.25, 0.3) is 0 Å². The first kappa shape index (κ1) is 21.2.